The molecule has 256 valence electrons. The summed E-state index contributed by atoms with van der Waals surface area (Å²) in [6.45, 7) is 0. The zero-order chi connectivity index (χ0) is 36.3. The first-order valence-electron chi connectivity index (χ1n) is 18.6. The Morgan fingerprint density at radius 2 is 0.891 bits per heavy atom. The highest BCUT2D eigenvalue weighted by atomic mass is 32.1. The van der Waals surface area contributed by atoms with Crippen molar-refractivity contribution in [3.05, 3.63) is 194 Å². The maximum atomic E-state index is 5.33. The lowest BCUT2D eigenvalue weighted by Gasteiger charge is -2.15. The molecule has 2 heterocycles. The first-order valence-corrected chi connectivity index (χ1v) is 19.5. The summed E-state index contributed by atoms with van der Waals surface area (Å²) >= 11 is 1.85. The monoisotopic (exact) mass is 716 g/mol. The Labute approximate surface area is 322 Å². The first kappa shape index (κ1) is 31.6. The van der Waals surface area contributed by atoms with Crippen LogP contribution in [-0.2, 0) is 0 Å². The van der Waals surface area contributed by atoms with Crippen molar-refractivity contribution in [1.82, 2.24) is 9.97 Å². The van der Waals surface area contributed by atoms with E-state index in [9.17, 15) is 0 Å². The second kappa shape index (κ2) is 12.9. The Hall–Kier alpha value is -6.94. The molecule has 0 aliphatic rings. The zero-order valence-corrected chi connectivity index (χ0v) is 30.6. The largest absolute Gasteiger partial charge is 0.228 e. The van der Waals surface area contributed by atoms with Crippen molar-refractivity contribution >= 4 is 63.8 Å². The molecule has 0 saturated heterocycles. The SMILES string of the molecule is c1ccc(-c2nc(-c3cc(-c4ccc5ccccc5c4)cc(-c4ccc5sc6ccccc6c5c4)c3)cc(-c3cc4ccccc4c4ccccc34)n2)cc1. The standard InChI is InChI=1S/C52H32N2S/c1-2-13-34(14-3-1)52-53-48(32-49(54-52)46-31-38-16-6-7-17-42(38)43-18-8-9-19-44(43)46)41-28-39(36-23-22-33-12-4-5-15-35(33)26-36)27-40(29-41)37-24-25-51-47(30-37)45-20-10-11-21-50(45)55-51/h1-32H. The molecule has 9 aromatic carbocycles. The minimum absolute atomic E-state index is 0.703. The molecule has 0 atom stereocenters. The minimum atomic E-state index is 0.703. The van der Waals surface area contributed by atoms with E-state index in [2.05, 4.69) is 188 Å². The summed E-state index contributed by atoms with van der Waals surface area (Å²) in [5, 5.41) is 9.85. The Morgan fingerprint density at radius 3 is 1.73 bits per heavy atom. The van der Waals surface area contributed by atoms with Crippen LogP contribution >= 0.6 is 11.3 Å². The Morgan fingerprint density at radius 1 is 0.291 bits per heavy atom. The van der Waals surface area contributed by atoms with Gasteiger partial charge in [0.2, 0.25) is 0 Å². The summed E-state index contributed by atoms with van der Waals surface area (Å²) in [5.41, 5.74) is 9.54. The predicted octanol–water partition coefficient (Wildman–Crippen LogP) is 14.6. The molecule has 11 aromatic rings. The van der Waals surface area contributed by atoms with E-state index in [1.807, 2.05) is 17.4 Å². The third kappa shape index (κ3) is 5.56. The number of hydrogen-bond acceptors (Lipinski definition) is 3. The van der Waals surface area contributed by atoms with Crippen molar-refractivity contribution in [2.75, 3.05) is 0 Å². The molecule has 0 amide bonds. The van der Waals surface area contributed by atoms with Crippen LogP contribution in [-0.4, -0.2) is 9.97 Å². The van der Waals surface area contributed by atoms with E-state index in [0.717, 1.165) is 39.2 Å². The maximum absolute atomic E-state index is 5.33. The van der Waals surface area contributed by atoms with Crippen LogP contribution in [0, 0.1) is 0 Å². The molecule has 3 heteroatoms. The van der Waals surface area contributed by atoms with Gasteiger partial charge in [-0.3, -0.25) is 0 Å². The fourth-order valence-corrected chi connectivity index (χ4v) is 9.19. The van der Waals surface area contributed by atoms with Crippen molar-refractivity contribution in [3.63, 3.8) is 0 Å². The molecule has 0 aliphatic heterocycles. The Bertz CT molecular complexity index is 3270. The van der Waals surface area contributed by atoms with Gasteiger partial charge in [0.25, 0.3) is 0 Å². The average molecular weight is 717 g/mol. The van der Waals surface area contributed by atoms with Gasteiger partial charge in [0.1, 0.15) is 0 Å². The highest BCUT2D eigenvalue weighted by molar-refractivity contribution is 7.25. The van der Waals surface area contributed by atoms with Crippen LogP contribution in [0.15, 0.2) is 194 Å². The third-order valence-corrected chi connectivity index (χ3v) is 12.0. The van der Waals surface area contributed by atoms with Gasteiger partial charge < -0.3 is 0 Å². The fraction of sp³-hybridized carbons (Fsp3) is 0. The van der Waals surface area contributed by atoms with Crippen LogP contribution in [0.25, 0.3) is 109 Å². The summed E-state index contributed by atoms with van der Waals surface area (Å²) in [7, 11) is 0. The highest BCUT2D eigenvalue weighted by Crippen LogP contribution is 2.41. The molecule has 11 rings (SSSR count). The number of thiophene rings is 1. The van der Waals surface area contributed by atoms with E-state index in [1.165, 1.54) is 63.6 Å². The van der Waals surface area contributed by atoms with E-state index < -0.39 is 0 Å². The highest BCUT2D eigenvalue weighted by Gasteiger charge is 2.17. The Kier molecular flexibility index (Phi) is 7.39. The fourth-order valence-electron chi connectivity index (χ4n) is 8.10. The number of nitrogens with zero attached hydrogens (tertiary/aromatic N) is 2. The molecule has 0 aliphatic carbocycles. The second-order valence-corrected chi connectivity index (χ2v) is 15.3. The van der Waals surface area contributed by atoms with E-state index in [-0.39, 0.29) is 0 Å². The molecule has 0 radical (unpaired) electrons. The summed E-state index contributed by atoms with van der Waals surface area (Å²) in [4.78, 5) is 10.6. The molecule has 55 heavy (non-hydrogen) atoms. The lowest BCUT2D eigenvalue weighted by molar-refractivity contribution is 1.19. The van der Waals surface area contributed by atoms with Crippen molar-refractivity contribution in [2.45, 2.75) is 0 Å². The van der Waals surface area contributed by atoms with E-state index >= 15 is 0 Å². The third-order valence-electron chi connectivity index (χ3n) is 10.8. The predicted molar refractivity (Wildman–Crippen MR) is 235 cm³/mol. The van der Waals surface area contributed by atoms with E-state index in [4.69, 9.17) is 9.97 Å². The molecule has 0 unspecified atom stereocenters. The summed E-state index contributed by atoms with van der Waals surface area (Å²) in [5.74, 6) is 0.703. The minimum Gasteiger partial charge on any atom is -0.228 e. The van der Waals surface area contributed by atoms with Gasteiger partial charge in [0.05, 0.1) is 11.4 Å². The summed E-state index contributed by atoms with van der Waals surface area (Å²) in [6, 6.07) is 70.0. The number of fused-ring (bicyclic) bond motifs is 7. The van der Waals surface area contributed by atoms with Crippen molar-refractivity contribution in [2.24, 2.45) is 0 Å². The summed E-state index contributed by atoms with van der Waals surface area (Å²) in [6.07, 6.45) is 0. The summed E-state index contributed by atoms with van der Waals surface area (Å²) < 4.78 is 2.61. The Balaban J connectivity index is 1.17. The average Bonchev–Trinajstić information content (AvgIpc) is 3.64. The van der Waals surface area contributed by atoms with Gasteiger partial charge in [-0.25, -0.2) is 9.97 Å². The van der Waals surface area contributed by atoms with Gasteiger partial charge in [-0.15, -0.1) is 11.3 Å². The van der Waals surface area contributed by atoms with Gasteiger partial charge in [-0.2, -0.15) is 0 Å². The van der Waals surface area contributed by atoms with Crippen LogP contribution in [0.5, 0.6) is 0 Å². The van der Waals surface area contributed by atoms with Gasteiger partial charge in [0.15, 0.2) is 5.82 Å². The topological polar surface area (TPSA) is 25.8 Å². The molecule has 0 spiro atoms. The molecule has 2 nitrogen and oxygen atoms in total. The van der Waals surface area contributed by atoms with Crippen LogP contribution in [0.3, 0.4) is 0 Å². The van der Waals surface area contributed by atoms with E-state index in [0.29, 0.717) is 5.82 Å². The molecule has 0 fully saturated rings. The van der Waals surface area contributed by atoms with Gasteiger partial charge >= 0.3 is 0 Å². The number of hydrogen-bond donors (Lipinski definition) is 0. The molecular weight excluding hydrogens is 685 g/mol. The molecule has 0 N–H and O–H groups in total. The molecule has 0 bridgehead atoms. The van der Waals surface area contributed by atoms with Crippen LogP contribution in [0.1, 0.15) is 0 Å². The van der Waals surface area contributed by atoms with Crippen molar-refractivity contribution in [3.8, 4) is 56.2 Å². The lowest BCUT2D eigenvalue weighted by Crippen LogP contribution is -1.97. The smallest absolute Gasteiger partial charge is 0.160 e. The second-order valence-electron chi connectivity index (χ2n) is 14.2. The van der Waals surface area contributed by atoms with Gasteiger partial charge in [-0.1, -0.05) is 140 Å². The van der Waals surface area contributed by atoms with Crippen LogP contribution < -0.4 is 0 Å². The van der Waals surface area contributed by atoms with E-state index in [1.54, 1.807) is 0 Å². The van der Waals surface area contributed by atoms with Crippen molar-refractivity contribution in [1.29, 1.82) is 0 Å². The van der Waals surface area contributed by atoms with Gasteiger partial charge in [0, 0.05) is 36.9 Å². The van der Waals surface area contributed by atoms with Gasteiger partial charge in [-0.05, 0) is 109 Å². The molecular formula is C52H32N2S. The maximum Gasteiger partial charge on any atom is 0.160 e. The van der Waals surface area contributed by atoms with Crippen molar-refractivity contribution < 1.29 is 0 Å². The first-order chi connectivity index (χ1) is 27.2. The quantitative estimate of drug-likeness (QED) is 0.166. The van der Waals surface area contributed by atoms with Crippen LogP contribution in [0.4, 0.5) is 0 Å². The number of rotatable bonds is 5. The zero-order valence-electron chi connectivity index (χ0n) is 29.8. The number of benzene rings is 9. The molecule has 0 saturated carbocycles. The van der Waals surface area contributed by atoms with Crippen LogP contribution in [0.2, 0.25) is 0 Å². The normalized spacial score (nSPS) is 11.6. The lowest BCUT2D eigenvalue weighted by atomic mass is 9.92. The number of aromatic nitrogens is 2. The molecule has 2 aromatic heterocycles.